The van der Waals surface area contributed by atoms with E-state index < -0.39 is 13.0 Å². The van der Waals surface area contributed by atoms with Crippen molar-refractivity contribution in [2.75, 3.05) is 19.7 Å². The molecule has 0 aliphatic carbocycles. The number of rotatable bonds is 6. The summed E-state index contributed by atoms with van der Waals surface area (Å²) >= 11 is 0. The summed E-state index contributed by atoms with van der Waals surface area (Å²) in [5, 5.41) is 7.74. The Hall–Kier alpha value is -2.58. The summed E-state index contributed by atoms with van der Waals surface area (Å²) in [4.78, 5) is 18.4. The summed E-state index contributed by atoms with van der Waals surface area (Å²) in [7, 11) is 0. The molecule has 0 radical (unpaired) electrons. The van der Waals surface area contributed by atoms with E-state index >= 15 is 0 Å². The zero-order valence-corrected chi connectivity index (χ0v) is 13.6. The molecule has 2 aromatic heterocycles. The third-order valence-corrected chi connectivity index (χ3v) is 4.02. The number of hydrogen-bond acceptors (Lipinski definition) is 5. The number of pyridine rings is 1. The third kappa shape index (κ3) is 4.71. The standard InChI is InChI=1S/C16H19F2N5O2/c17-14(18)11-25-15-5-1-4-13(20-15)16(24)22-7-2-3-12(9-22)10-23-8-6-19-21-23/h1,4-6,8,12,14H,2-3,7,9-11H2. The molecule has 0 spiro atoms. The van der Waals surface area contributed by atoms with Crippen LogP contribution in [0, 0.1) is 5.92 Å². The Morgan fingerprint density at radius 1 is 1.40 bits per heavy atom. The minimum atomic E-state index is -2.58. The van der Waals surface area contributed by atoms with Gasteiger partial charge >= 0.3 is 0 Å². The zero-order valence-electron chi connectivity index (χ0n) is 13.6. The maximum absolute atomic E-state index is 12.7. The fourth-order valence-corrected chi connectivity index (χ4v) is 2.92. The highest BCUT2D eigenvalue weighted by molar-refractivity contribution is 5.92. The van der Waals surface area contributed by atoms with Crippen LogP contribution in [0.4, 0.5) is 8.78 Å². The molecular formula is C16H19F2N5O2. The molecule has 0 saturated carbocycles. The predicted molar refractivity (Wildman–Crippen MR) is 84.4 cm³/mol. The number of carbonyl (C=O) groups excluding carboxylic acids is 1. The van der Waals surface area contributed by atoms with E-state index in [9.17, 15) is 13.6 Å². The SMILES string of the molecule is O=C(c1cccc(OCC(F)F)n1)N1CCCC(Cn2ccnn2)C1. The Kier molecular flexibility index (Phi) is 5.52. The molecule has 1 fully saturated rings. The molecule has 25 heavy (non-hydrogen) atoms. The van der Waals surface area contributed by atoms with E-state index in [1.54, 1.807) is 34.1 Å². The molecule has 3 heterocycles. The molecule has 2 aromatic rings. The van der Waals surface area contributed by atoms with Gasteiger partial charge < -0.3 is 9.64 Å². The number of alkyl halides is 2. The van der Waals surface area contributed by atoms with E-state index in [1.165, 1.54) is 6.07 Å². The van der Waals surface area contributed by atoms with Gasteiger partial charge in [0.15, 0.2) is 6.61 Å². The Labute approximate surface area is 143 Å². The summed E-state index contributed by atoms with van der Waals surface area (Å²) in [6.07, 6.45) is 2.74. The number of amides is 1. The average molecular weight is 351 g/mol. The lowest BCUT2D eigenvalue weighted by Crippen LogP contribution is -2.41. The molecule has 7 nitrogen and oxygen atoms in total. The second-order valence-corrected chi connectivity index (χ2v) is 5.95. The number of halogens is 2. The van der Waals surface area contributed by atoms with Gasteiger partial charge in [-0.1, -0.05) is 11.3 Å². The van der Waals surface area contributed by atoms with E-state index in [0.29, 0.717) is 19.6 Å². The maximum Gasteiger partial charge on any atom is 0.272 e. The van der Waals surface area contributed by atoms with Gasteiger partial charge in [-0.15, -0.1) is 5.10 Å². The quantitative estimate of drug-likeness (QED) is 0.794. The Morgan fingerprint density at radius 2 is 2.28 bits per heavy atom. The lowest BCUT2D eigenvalue weighted by Gasteiger charge is -2.32. The van der Waals surface area contributed by atoms with Crippen LogP contribution in [0.1, 0.15) is 23.3 Å². The fourth-order valence-electron chi connectivity index (χ4n) is 2.92. The van der Waals surface area contributed by atoms with Crippen molar-refractivity contribution in [1.29, 1.82) is 0 Å². The van der Waals surface area contributed by atoms with E-state index in [-0.39, 0.29) is 23.4 Å². The first kappa shape index (κ1) is 17.2. The largest absolute Gasteiger partial charge is 0.472 e. The summed E-state index contributed by atoms with van der Waals surface area (Å²) < 4.78 is 31.1. The van der Waals surface area contributed by atoms with Crippen LogP contribution in [0.3, 0.4) is 0 Å². The second kappa shape index (κ2) is 8.00. The molecule has 1 aliphatic rings. The predicted octanol–water partition coefficient (Wildman–Crippen LogP) is 1.87. The van der Waals surface area contributed by atoms with Crippen LogP contribution in [-0.4, -0.2) is 56.9 Å². The monoisotopic (exact) mass is 351 g/mol. The van der Waals surface area contributed by atoms with Crippen LogP contribution in [0.15, 0.2) is 30.6 Å². The van der Waals surface area contributed by atoms with Crippen molar-refractivity contribution in [3.63, 3.8) is 0 Å². The first-order valence-corrected chi connectivity index (χ1v) is 8.13. The Morgan fingerprint density at radius 3 is 3.04 bits per heavy atom. The Balaban J connectivity index is 1.62. The van der Waals surface area contributed by atoms with Crippen molar-refractivity contribution < 1.29 is 18.3 Å². The van der Waals surface area contributed by atoms with Crippen molar-refractivity contribution in [2.24, 2.45) is 5.92 Å². The molecule has 9 heteroatoms. The highest BCUT2D eigenvalue weighted by Gasteiger charge is 2.26. The summed E-state index contributed by atoms with van der Waals surface area (Å²) in [6.45, 7) is 1.21. The lowest BCUT2D eigenvalue weighted by molar-refractivity contribution is 0.0648. The van der Waals surface area contributed by atoms with Gasteiger partial charge in [-0.3, -0.25) is 9.48 Å². The molecular weight excluding hydrogens is 332 g/mol. The van der Waals surface area contributed by atoms with Crippen LogP contribution in [0.25, 0.3) is 0 Å². The molecule has 1 amide bonds. The van der Waals surface area contributed by atoms with Gasteiger partial charge in [0.2, 0.25) is 5.88 Å². The van der Waals surface area contributed by atoms with Crippen LogP contribution in [0.5, 0.6) is 5.88 Å². The van der Waals surface area contributed by atoms with E-state index in [1.807, 2.05) is 0 Å². The fraction of sp³-hybridized carbons (Fsp3) is 0.500. The van der Waals surface area contributed by atoms with Gasteiger partial charge in [-0.05, 0) is 24.8 Å². The molecule has 3 rings (SSSR count). The van der Waals surface area contributed by atoms with Crippen LogP contribution >= 0.6 is 0 Å². The molecule has 0 aromatic carbocycles. The minimum absolute atomic E-state index is 0.0299. The normalized spacial score (nSPS) is 17.7. The van der Waals surface area contributed by atoms with E-state index in [2.05, 4.69) is 15.3 Å². The van der Waals surface area contributed by atoms with E-state index in [4.69, 9.17) is 4.74 Å². The average Bonchev–Trinajstić information content (AvgIpc) is 3.13. The second-order valence-electron chi connectivity index (χ2n) is 5.95. The zero-order chi connectivity index (χ0) is 17.6. The molecule has 0 N–H and O–H groups in total. The van der Waals surface area contributed by atoms with E-state index in [0.717, 1.165) is 12.8 Å². The summed E-state index contributed by atoms with van der Waals surface area (Å²) in [5.74, 6) is 0.103. The lowest BCUT2D eigenvalue weighted by atomic mass is 9.98. The van der Waals surface area contributed by atoms with Gasteiger partial charge in [0.05, 0.1) is 6.20 Å². The summed E-state index contributed by atoms with van der Waals surface area (Å²) in [5.41, 5.74) is 0.202. The van der Waals surface area contributed by atoms with Crippen molar-refractivity contribution in [3.05, 3.63) is 36.3 Å². The van der Waals surface area contributed by atoms with Crippen molar-refractivity contribution >= 4 is 5.91 Å². The van der Waals surface area contributed by atoms with Gasteiger partial charge in [0.1, 0.15) is 5.69 Å². The number of aromatic nitrogens is 4. The van der Waals surface area contributed by atoms with Gasteiger partial charge in [-0.2, -0.15) is 0 Å². The molecule has 134 valence electrons. The van der Waals surface area contributed by atoms with Crippen molar-refractivity contribution in [3.8, 4) is 5.88 Å². The summed E-state index contributed by atoms with van der Waals surface area (Å²) in [6, 6.07) is 4.61. The van der Waals surface area contributed by atoms with Crippen molar-refractivity contribution in [2.45, 2.75) is 25.8 Å². The van der Waals surface area contributed by atoms with Gasteiger partial charge in [0.25, 0.3) is 12.3 Å². The maximum atomic E-state index is 12.7. The number of likely N-dealkylation sites (tertiary alicyclic amines) is 1. The topological polar surface area (TPSA) is 73.1 Å². The molecule has 0 bridgehead atoms. The first-order chi connectivity index (χ1) is 12.1. The molecule has 1 unspecified atom stereocenters. The van der Waals surface area contributed by atoms with Crippen LogP contribution in [-0.2, 0) is 6.54 Å². The number of hydrogen-bond donors (Lipinski definition) is 0. The minimum Gasteiger partial charge on any atom is -0.472 e. The third-order valence-electron chi connectivity index (χ3n) is 4.02. The van der Waals surface area contributed by atoms with Gasteiger partial charge in [-0.25, -0.2) is 13.8 Å². The highest BCUT2D eigenvalue weighted by Crippen LogP contribution is 2.20. The number of nitrogens with zero attached hydrogens (tertiary/aromatic N) is 5. The number of piperidine rings is 1. The highest BCUT2D eigenvalue weighted by atomic mass is 19.3. The molecule has 1 aliphatic heterocycles. The first-order valence-electron chi connectivity index (χ1n) is 8.13. The smallest absolute Gasteiger partial charge is 0.272 e. The van der Waals surface area contributed by atoms with Crippen molar-refractivity contribution in [1.82, 2.24) is 24.9 Å². The molecule has 1 atom stereocenters. The Bertz CT molecular complexity index is 696. The number of carbonyl (C=O) groups is 1. The molecule has 1 saturated heterocycles. The van der Waals surface area contributed by atoms with Gasteiger partial charge in [0, 0.05) is 31.9 Å². The van der Waals surface area contributed by atoms with Crippen LogP contribution < -0.4 is 4.74 Å². The van der Waals surface area contributed by atoms with Crippen LogP contribution in [0.2, 0.25) is 0 Å². The number of ether oxygens (including phenoxy) is 1.